The molecule has 146 valence electrons. The largest absolute Gasteiger partial charge is 0.379 e. The summed E-state index contributed by atoms with van der Waals surface area (Å²) in [6.07, 6.45) is 1.83. The maximum absolute atomic E-state index is 12.3. The van der Waals surface area contributed by atoms with Crippen molar-refractivity contribution in [1.29, 1.82) is 0 Å². The second kappa shape index (κ2) is 8.55. The van der Waals surface area contributed by atoms with Gasteiger partial charge in [0, 0.05) is 47.3 Å². The van der Waals surface area contributed by atoms with Crippen LogP contribution in [0.25, 0.3) is 10.9 Å². The summed E-state index contributed by atoms with van der Waals surface area (Å²) in [5.74, 6) is -1.30. The van der Waals surface area contributed by atoms with Gasteiger partial charge in [0.2, 0.25) is 0 Å². The lowest BCUT2D eigenvalue weighted by atomic mass is 10.2. The maximum Gasteiger partial charge on any atom is 0.313 e. The number of nitrogens with zero attached hydrogens (tertiary/aromatic N) is 1. The first-order valence-corrected chi connectivity index (χ1v) is 10.1. The van der Waals surface area contributed by atoms with Crippen molar-refractivity contribution in [2.24, 2.45) is 0 Å². The fourth-order valence-corrected chi connectivity index (χ4v) is 4.23. The lowest BCUT2D eigenvalue weighted by Crippen LogP contribution is -2.45. The summed E-state index contributed by atoms with van der Waals surface area (Å²) >= 11 is 1.65. The van der Waals surface area contributed by atoms with E-state index in [9.17, 15) is 9.59 Å². The summed E-state index contributed by atoms with van der Waals surface area (Å²) in [4.78, 5) is 31.2. The SMILES string of the molecule is O=C(NCC(c1cccs1)N1CCOCC1)C(=O)Nc1ccc2[nH]ccc2c1. The summed E-state index contributed by atoms with van der Waals surface area (Å²) in [6, 6.07) is 11.5. The van der Waals surface area contributed by atoms with Crippen LogP contribution in [0.3, 0.4) is 0 Å². The Morgan fingerprint density at radius 3 is 2.82 bits per heavy atom. The summed E-state index contributed by atoms with van der Waals surface area (Å²) in [5, 5.41) is 8.45. The van der Waals surface area contributed by atoms with Gasteiger partial charge in [0.15, 0.2) is 0 Å². The number of hydrogen-bond donors (Lipinski definition) is 3. The van der Waals surface area contributed by atoms with Gasteiger partial charge in [0.05, 0.1) is 19.3 Å². The number of ether oxygens (including phenoxy) is 1. The molecule has 1 atom stereocenters. The first-order valence-electron chi connectivity index (χ1n) is 9.22. The molecule has 1 aromatic carbocycles. The number of aromatic nitrogens is 1. The van der Waals surface area contributed by atoms with Gasteiger partial charge < -0.3 is 20.4 Å². The number of aromatic amines is 1. The minimum absolute atomic E-state index is 0.0388. The third-order valence-corrected chi connectivity index (χ3v) is 5.80. The van der Waals surface area contributed by atoms with Gasteiger partial charge >= 0.3 is 11.8 Å². The molecule has 8 heteroatoms. The molecule has 1 saturated heterocycles. The van der Waals surface area contributed by atoms with E-state index in [0.717, 1.165) is 24.0 Å². The van der Waals surface area contributed by atoms with Crippen LogP contribution in [-0.4, -0.2) is 54.5 Å². The van der Waals surface area contributed by atoms with E-state index >= 15 is 0 Å². The van der Waals surface area contributed by atoms with Crippen LogP contribution >= 0.6 is 11.3 Å². The average molecular weight is 398 g/mol. The molecule has 1 aliphatic rings. The predicted octanol–water partition coefficient (Wildman–Crippen LogP) is 2.36. The average Bonchev–Trinajstić information content (AvgIpc) is 3.40. The number of morpholine rings is 1. The van der Waals surface area contributed by atoms with Crippen LogP contribution in [0, 0.1) is 0 Å². The summed E-state index contributed by atoms with van der Waals surface area (Å²) in [7, 11) is 0. The Bertz CT molecular complexity index is 947. The zero-order valence-electron chi connectivity index (χ0n) is 15.3. The third-order valence-electron chi connectivity index (χ3n) is 4.83. The maximum atomic E-state index is 12.3. The molecule has 0 radical (unpaired) electrons. The molecule has 0 aliphatic carbocycles. The van der Waals surface area contributed by atoms with Gasteiger partial charge in [-0.05, 0) is 35.7 Å². The summed E-state index contributed by atoms with van der Waals surface area (Å²) in [6.45, 7) is 3.35. The van der Waals surface area contributed by atoms with Crippen molar-refractivity contribution in [2.75, 3.05) is 38.2 Å². The second-order valence-electron chi connectivity index (χ2n) is 6.62. The molecule has 3 N–H and O–H groups in total. The number of anilines is 1. The molecule has 28 heavy (non-hydrogen) atoms. The van der Waals surface area contributed by atoms with E-state index in [0.29, 0.717) is 25.4 Å². The van der Waals surface area contributed by atoms with Gasteiger partial charge in [-0.3, -0.25) is 14.5 Å². The summed E-state index contributed by atoms with van der Waals surface area (Å²) in [5.41, 5.74) is 1.57. The van der Waals surface area contributed by atoms with Gasteiger partial charge in [-0.2, -0.15) is 0 Å². The highest BCUT2D eigenvalue weighted by molar-refractivity contribution is 7.10. The molecular formula is C20H22N4O3S. The van der Waals surface area contributed by atoms with E-state index in [1.54, 1.807) is 17.4 Å². The van der Waals surface area contributed by atoms with E-state index in [1.165, 1.54) is 4.88 Å². The van der Waals surface area contributed by atoms with Crippen LogP contribution in [0.15, 0.2) is 48.0 Å². The van der Waals surface area contributed by atoms with Gasteiger partial charge in [0.25, 0.3) is 0 Å². The molecule has 3 aromatic rings. The number of carbonyl (C=O) groups is 2. The zero-order chi connectivity index (χ0) is 19.3. The number of amides is 2. The molecule has 7 nitrogen and oxygen atoms in total. The molecule has 1 fully saturated rings. The highest BCUT2D eigenvalue weighted by atomic mass is 32.1. The monoisotopic (exact) mass is 398 g/mol. The van der Waals surface area contributed by atoms with Crippen LogP contribution in [0.4, 0.5) is 5.69 Å². The number of fused-ring (bicyclic) bond motifs is 1. The van der Waals surface area contributed by atoms with E-state index in [1.807, 2.05) is 35.8 Å². The highest BCUT2D eigenvalue weighted by Crippen LogP contribution is 2.25. The van der Waals surface area contributed by atoms with Crippen molar-refractivity contribution in [2.45, 2.75) is 6.04 Å². The summed E-state index contributed by atoms with van der Waals surface area (Å²) < 4.78 is 5.43. The Hall–Kier alpha value is -2.68. The fourth-order valence-electron chi connectivity index (χ4n) is 3.37. The molecule has 3 heterocycles. The Morgan fingerprint density at radius 1 is 1.18 bits per heavy atom. The van der Waals surface area contributed by atoms with Crippen molar-refractivity contribution in [3.8, 4) is 0 Å². The van der Waals surface area contributed by atoms with Crippen LogP contribution in [-0.2, 0) is 14.3 Å². The van der Waals surface area contributed by atoms with Gasteiger partial charge in [0.1, 0.15) is 0 Å². The number of thiophene rings is 1. The number of hydrogen-bond acceptors (Lipinski definition) is 5. The van der Waals surface area contributed by atoms with Crippen LogP contribution < -0.4 is 10.6 Å². The molecule has 1 aliphatic heterocycles. The Labute approximate surface area is 166 Å². The van der Waals surface area contributed by atoms with E-state index in [2.05, 4.69) is 26.6 Å². The van der Waals surface area contributed by atoms with E-state index in [-0.39, 0.29) is 6.04 Å². The van der Waals surface area contributed by atoms with Crippen LogP contribution in [0.2, 0.25) is 0 Å². The fraction of sp³-hybridized carbons (Fsp3) is 0.300. The van der Waals surface area contributed by atoms with Crippen molar-refractivity contribution in [1.82, 2.24) is 15.2 Å². The molecular weight excluding hydrogens is 376 g/mol. The van der Waals surface area contributed by atoms with E-state index in [4.69, 9.17) is 4.74 Å². The lowest BCUT2D eigenvalue weighted by Gasteiger charge is -2.34. The predicted molar refractivity (Wildman–Crippen MR) is 109 cm³/mol. The van der Waals surface area contributed by atoms with Gasteiger partial charge in [-0.15, -0.1) is 11.3 Å². The van der Waals surface area contributed by atoms with Gasteiger partial charge in [-0.25, -0.2) is 0 Å². The number of rotatable bonds is 5. The van der Waals surface area contributed by atoms with Crippen LogP contribution in [0.5, 0.6) is 0 Å². The first-order chi connectivity index (χ1) is 13.7. The van der Waals surface area contributed by atoms with Crippen molar-refractivity contribution in [3.63, 3.8) is 0 Å². The van der Waals surface area contributed by atoms with Crippen molar-refractivity contribution < 1.29 is 14.3 Å². The third kappa shape index (κ3) is 4.24. The van der Waals surface area contributed by atoms with Crippen molar-refractivity contribution in [3.05, 3.63) is 52.9 Å². The molecule has 2 amide bonds. The molecule has 0 spiro atoms. The minimum atomic E-state index is -0.665. The Morgan fingerprint density at radius 2 is 2.04 bits per heavy atom. The molecule has 1 unspecified atom stereocenters. The van der Waals surface area contributed by atoms with Crippen molar-refractivity contribution >= 4 is 39.7 Å². The van der Waals surface area contributed by atoms with Gasteiger partial charge in [-0.1, -0.05) is 6.07 Å². The molecule has 0 bridgehead atoms. The Kier molecular flexibility index (Phi) is 5.70. The zero-order valence-corrected chi connectivity index (χ0v) is 16.1. The molecule has 4 rings (SSSR count). The minimum Gasteiger partial charge on any atom is -0.379 e. The number of H-pyrrole nitrogens is 1. The molecule has 2 aromatic heterocycles. The number of nitrogens with one attached hydrogen (secondary N) is 3. The normalized spacial score (nSPS) is 16.0. The Balaban J connectivity index is 1.37. The smallest absolute Gasteiger partial charge is 0.313 e. The lowest BCUT2D eigenvalue weighted by molar-refractivity contribution is -0.136. The van der Waals surface area contributed by atoms with E-state index < -0.39 is 11.8 Å². The second-order valence-corrected chi connectivity index (χ2v) is 7.60. The standard InChI is InChI=1S/C20H22N4O3S/c25-19(20(26)23-15-3-4-16-14(12-15)5-6-21-16)22-13-17(18-2-1-11-28-18)24-7-9-27-10-8-24/h1-6,11-12,17,21H,7-10,13H2,(H,22,25)(H,23,26). The number of benzene rings is 1. The van der Waals surface area contributed by atoms with Crippen LogP contribution in [0.1, 0.15) is 10.9 Å². The highest BCUT2D eigenvalue weighted by Gasteiger charge is 2.25. The molecule has 0 saturated carbocycles. The topological polar surface area (TPSA) is 86.5 Å². The first kappa shape index (κ1) is 18.7. The quantitative estimate of drug-likeness (QED) is 0.576. The number of carbonyl (C=O) groups excluding carboxylic acids is 2.